The fourth-order valence-corrected chi connectivity index (χ4v) is 3.17. The number of carbonyl (C=O) groups excluding carboxylic acids is 1. The monoisotopic (exact) mass is 281 g/mol. The van der Waals surface area contributed by atoms with Crippen LogP contribution in [-0.2, 0) is 14.5 Å². The van der Waals surface area contributed by atoms with Crippen LogP contribution >= 0.6 is 0 Å². The molecule has 1 N–H and O–H groups in total. The van der Waals surface area contributed by atoms with Crippen LogP contribution in [0.1, 0.15) is 25.7 Å². The van der Waals surface area contributed by atoms with Crippen LogP contribution < -0.4 is 0 Å². The highest BCUT2D eigenvalue weighted by atomic mass is 19.3. The summed E-state index contributed by atoms with van der Waals surface area (Å²) >= 11 is 0. The molecule has 0 aromatic carbocycles. The fraction of sp³-hybridized carbons (Fsp3) is 0.818. The first-order chi connectivity index (χ1) is 8.89. The third-order valence-corrected chi connectivity index (χ3v) is 4.03. The molecule has 2 fully saturated rings. The van der Waals surface area contributed by atoms with E-state index in [4.69, 9.17) is 5.11 Å². The Morgan fingerprint density at radius 2 is 2.00 bits per heavy atom. The lowest BCUT2D eigenvalue weighted by Gasteiger charge is -2.35. The second-order valence-corrected chi connectivity index (χ2v) is 4.98. The summed E-state index contributed by atoms with van der Waals surface area (Å²) in [4.78, 5) is 26.1. The largest absolute Gasteiger partial charge is 0.480 e. The van der Waals surface area contributed by atoms with Gasteiger partial charge >= 0.3 is 17.9 Å². The number of carboxylic acid groups (broad SMARTS) is 1. The third kappa shape index (κ3) is 2.29. The zero-order valence-electron chi connectivity index (χ0n) is 10.0. The SMILES string of the molecule is O=C(O)C1CC(C(F)(F)C(=O)OF)C2CCCCN12. The van der Waals surface area contributed by atoms with Crippen molar-refractivity contribution in [1.82, 2.24) is 4.90 Å². The van der Waals surface area contributed by atoms with E-state index in [1.54, 1.807) is 0 Å². The van der Waals surface area contributed by atoms with Crippen molar-refractivity contribution in [3.05, 3.63) is 0 Å². The highest BCUT2D eigenvalue weighted by Gasteiger charge is 2.60. The third-order valence-electron chi connectivity index (χ3n) is 4.03. The van der Waals surface area contributed by atoms with E-state index in [1.165, 1.54) is 4.90 Å². The average Bonchev–Trinajstić information content (AvgIpc) is 2.78. The minimum absolute atomic E-state index is 0.373. The molecule has 2 aliphatic heterocycles. The Labute approximate surface area is 107 Å². The molecule has 2 aliphatic rings. The van der Waals surface area contributed by atoms with Gasteiger partial charge < -0.3 is 5.11 Å². The molecule has 0 radical (unpaired) electrons. The first-order valence-electron chi connectivity index (χ1n) is 6.09. The van der Waals surface area contributed by atoms with Crippen LogP contribution in [0, 0.1) is 5.92 Å². The first kappa shape index (κ1) is 14.1. The van der Waals surface area contributed by atoms with Gasteiger partial charge in [-0.25, -0.2) is 9.74 Å². The number of piperidine rings is 1. The predicted molar refractivity (Wildman–Crippen MR) is 56.0 cm³/mol. The molecule has 3 atom stereocenters. The van der Waals surface area contributed by atoms with Gasteiger partial charge in [-0.15, -0.1) is 0 Å². The highest BCUT2D eigenvalue weighted by Crippen LogP contribution is 2.44. The van der Waals surface area contributed by atoms with Gasteiger partial charge in [-0.3, -0.25) is 9.69 Å². The molecule has 0 aromatic heterocycles. The van der Waals surface area contributed by atoms with Crippen LogP contribution in [0.5, 0.6) is 0 Å². The summed E-state index contributed by atoms with van der Waals surface area (Å²) in [7, 11) is 0. The lowest BCUT2D eigenvalue weighted by atomic mass is 9.88. The molecule has 0 saturated carbocycles. The van der Waals surface area contributed by atoms with E-state index in [0.29, 0.717) is 19.4 Å². The number of aliphatic carboxylic acids is 1. The molecule has 2 heterocycles. The summed E-state index contributed by atoms with van der Waals surface area (Å²) in [6, 6.07) is -1.77. The van der Waals surface area contributed by atoms with Gasteiger partial charge in [0.25, 0.3) is 0 Å². The van der Waals surface area contributed by atoms with Crippen LogP contribution in [0.15, 0.2) is 0 Å². The molecular weight excluding hydrogens is 267 g/mol. The number of fused-ring (bicyclic) bond motifs is 1. The summed E-state index contributed by atoms with van der Waals surface area (Å²) in [5, 5.41) is 9.05. The van der Waals surface area contributed by atoms with Gasteiger partial charge in [0.2, 0.25) is 0 Å². The molecule has 108 valence electrons. The Kier molecular flexibility index (Phi) is 3.71. The van der Waals surface area contributed by atoms with Crippen LogP contribution in [-0.4, -0.2) is 46.5 Å². The van der Waals surface area contributed by atoms with Crippen molar-refractivity contribution >= 4 is 11.9 Å². The van der Waals surface area contributed by atoms with E-state index < -0.39 is 35.9 Å². The quantitative estimate of drug-likeness (QED) is 0.846. The van der Waals surface area contributed by atoms with Crippen LogP contribution in [0.4, 0.5) is 13.3 Å². The molecule has 2 saturated heterocycles. The van der Waals surface area contributed by atoms with Gasteiger partial charge in [-0.05, 0) is 25.8 Å². The van der Waals surface area contributed by atoms with Gasteiger partial charge in [-0.2, -0.15) is 8.78 Å². The fourth-order valence-electron chi connectivity index (χ4n) is 3.17. The Balaban J connectivity index is 2.26. The molecule has 8 heteroatoms. The number of carbonyl (C=O) groups is 2. The van der Waals surface area contributed by atoms with Gasteiger partial charge in [0, 0.05) is 10.6 Å². The lowest BCUT2D eigenvalue weighted by molar-refractivity contribution is -0.220. The van der Waals surface area contributed by atoms with E-state index in [1.807, 2.05) is 0 Å². The number of halogens is 3. The Bertz CT molecular complexity index is 390. The van der Waals surface area contributed by atoms with E-state index in [-0.39, 0.29) is 6.42 Å². The topological polar surface area (TPSA) is 66.8 Å². The maximum Gasteiger partial charge on any atom is 0.417 e. The number of rotatable bonds is 3. The minimum atomic E-state index is -4.00. The van der Waals surface area contributed by atoms with E-state index in [9.17, 15) is 22.9 Å². The lowest BCUT2D eigenvalue weighted by Crippen LogP contribution is -2.48. The molecule has 3 unspecified atom stereocenters. The molecule has 0 amide bonds. The molecule has 5 nitrogen and oxygen atoms in total. The summed E-state index contributed by atoms with van der Waals surface area (Å²) in [6.07, 6.45) is 1.42. The van der Waals surface area contributed by atoms with Crippen molar-refractivity contribution in [2.24, 2.45) is 5.92 Å². The van der Waals surface area contributed by atoms with E-state index >= 15 is 0 Å². The van der Waals surface area contributed by atoms with E-state index in [0.717, 1.165) is 6.42 Å². The summed E-state index contributed by atoms with van der Waals surface area (Å²) in [6.45, 7) is 0.402. The second-order valence-electron chi connectivity index (χ2n) is 4.98. The van der Waals surface area contributed by atoms with Gasteiger partial charge in [0.1, 0.15) is 6.04 Å². The Hall–Kier alpha value is -1.31. The van der Waals surface area contributed by atoms with Crippen molar-refractivity contribution in [1.29, 1.82) is 0 Å². The summed E-state index contributed by atoms with van der Waals surface area (Å²) < 4.78 is 39.3. The minimum Gasteiger partial charge on any atom is -0.480 e. The maximum absolute atomic E-state index is 13.8. The van der Waals surface area contributed by atoms with Crippen LogP contribution in [0.3, 0.4) is 0 Å². The summed E-state index contributed by atoms with van der Waals surface area (Å²) in [5.41, 5.74) is 0. The first-order valence-corrected chi connectivity index (χ1v) is 6.09. The number of hydrogen-bond acceptors (Lipinski definition) is 4. The standard InChI is InChI=1S/C11H14F3NO4/c12-11(13,10(18)19-14)6-5-8(9(16)17)15-4-2-1-3-7(6)15/h6-8H,1-5H2,(H,16,17). The van der Waals surface area contributed by atoms with Crippen molar-refractivity contribution in [3.8, 4) is 0 Å². The van der Waals surface area contributed by atoms with Crippen molar-refractivity contribution in [2.45, 2.75) is 43.7 Å². The molecule has 0 aromatic rings. The van der Waals surface area contributed by atoms with Crippen molar-refractivity contribution in [2.75, 3.05) is 6.54 Å². The van der Waals surface area contributed by atoms with Gasteiger partial charge in [0.15, 0.2) is 0 Å². The molecule has 2 rings (SSSR count). The number of alkyl halides is 2. The van der Waals surface area contributed by atoms with Crippen molar-refractivity contribution in [3.63, 3.8) is 0 Å². The number of hydrogen-bond donors (Lipinski definition) is 1. The Morgan fingerprint density at radius 3 is 2.58 bits per heavy atom. The van der Waals surface area contributed by atoms with Crippen LogP contribution in [0.2, 0.25) is 0 Å². The molecular formula is C11H14F3NO4. The van der Waals surface area contributed by atoms with E-state index in [2.05, 4.69) is 4.94 Å². The highest BCUT2D eigenvalue weighted by molar-refractivity contribution is 5.79. The molecule has 0 bridgehead atoms. The second kappa shape index (κ2) is 4.99. The molecule has 0 aliphatic carbocycles. The normalized spacial score (nSPS) is 31.8. The number of carboxylic acids is 1. The van der Waals surface area contributed by atoms with Crippen molar-refractivity contribution < 1.29 is 32.9 Å². The smallest absolute Gasteiger partial charge is 0.417 e. The van der Waals surface area contributed by atoms with Crippen LogP contribution in [0.25, 0.3) is 0 Å². The van der Waals surface area contributed by atoms with Gasteiger partial charge in [0.05, 0.1) is 5.92 Å². The zero-order valence-corrected chi connectivity index (χ0v) is 10.0. The summed E-state index contributed by atoms with van der Waals surface area (Å²) in [5.74, 6) is -8.95. The average molecular weight is 281 g/mol. The molecule has 19 heavy (non-hydrogen) atoms. The van der Waals surface area contributed by atoms with Gasteiger partial charge in [-0.1, -0.05) is 6.42 Å². The number of nitrogens with zero attached hydrogens (tertiary/aromatic N) is 1. The molecule has 0 spiro atoms. The predicted octanol–water partition coefficient (Wildman–Crippen LogP) is 1.38. The zero-order chi connectivity index (χ0) is 14.2. The maximum atomic E-state index is 13.8. The Morgan fingerprint density at radius 1 is 1.32 bits per heavy atom.